The highest BCUT2D eigenvalue weighted by Crippen LogP contribution is 2.41. The van der Waals surface area contributed by atoms with Crippen molar-refractivity contribution < 1.29 is 4.39 Å². The minimum Gasteiger partial charge on any atom is -0.383 e. The largest absolute Gasteiger partial charge is 0.383 e. The molecule has 2 heterocycles. The Morgan fingerprint density at radius 2 is 1.75 bits per heavy atom. The van der Waals surface area contributed by atoms with Gasteiger partial charge in [-0.15, -0.1) is 0 Å². The summed E-state index contributed by atoms with van der Waals surface area (Å²) < 4.78 is 14.0. The number of aliphatic imine (C=N–C) groups is 1. The van der Waals surface area contributed by atoms with Crippen LogP contribution in [0.3, 0.4) is 0 Å². The van der Waals surface area contributed by atoms with E-state index in [1.54, 1.807) is 12.1 Å². The molecule has 0 fully saturated rings. The Morgan fingerprint density at radius 1 is 0.958 bits per heavy atom. The Labute approximate surface area is 139 Å². The molecule has 1 aliphatic rings. The van der Waals surface area contributed by atoms with Crippen LogP contribution in [0.1, 0.15) is 23.6 Å². The first-order valence-electron chi connectivity index (χ1n) is 7.76. The van der Waals surface area contributed by atoms with Gasteiger partial charge < -0.3 is 5.73 Å². The molecule has 4 rings (SSSR count). The van der Waals surface area contributed by atoms with Gasteiger partial charge in [0.25, 0.3) is 0 Å². The van der Waals surface area contributed by atoms with E-state index >= 15 is 0 Å². The van der Waals surface area contributed by atoms with Crippen LogP contribution in [0, 0.1) is 5.95 Å². The molecule has 0 bridgehead atoms. The van der Waals surface area contributed by atoms with Gasteiger partial charge in [-0.3, -0.25) is 4.99 Å². The summed E-state index contributed by atoms with van der Waals surface area (Å²) in [6.07, 6.45) is 1.45. The van der Waals surface area contributed by atoms with Crippen LogP contribution < -0.4 is 5.73 Å². The molecular formula is C20H16FN3. The molecule has 2 N–H and O–H groups in total. The Morgan fingerprint density at radius 3 is 2.58 bits per heavy atom. The molecule has 0 aliphatic carbocycles. The Bertz CT molecular complexity index is 964. The van der Waals surface area contributed by atoms with Crippen LogP contribution in [0.2, 0.25) is 0 Å². The third-order valence-electron chi connectivity index (χ3n) is 4.57. The van der Waals surface area contributed by atoms with Crippen LogP contribution in [0.4, 0.5) is 4.39 Å². The van der Waals surface area contributed by atoms with Crippen LogP contribution in [-0.4, -0.2) is 10.8 Å². The summed E-state index contributed by atoms with van der Waals surface area (Å²) in [5.41, 5.74) is 9.78. The first-order chi connectivity index (χ1) is 11.6. The van der Waals surface area contributed by atoms with Crippen molar-refractivity contribution in [2.45, 2.75) is 12.5 Å². The van der Waals surface area contributed by atoms with Gasteiger partial charge >= 0.3 is 0 Å². The topological polar surface area (TPSA) is 51.3 Å². The number of hydrogen-bond donors (Lipinski definition) is 1. The number of benzene rings is 2. The summed E-state index contributed by atoms with van der Waals surface area (Å²) in [4.78, 5) is 8.43. The van der Waals surface area contributed by atoms with Gasteiger partial charge in [-0.25, -0.2) is 4.98 Å². The average molecular weight is 317 g/mol. The second-order valence-corrected chi connectivity index (χ2v) is 6.04. The van der Waals surface area contributed by atoms with Crippen molar-refractivity contribution in [3.8, 4) is 11.1 Å². The zero-order chi connectivity index (χ0) is 16.7. The lowest BCUT2D eigenvalue weighted by Crippen LogP contribution is -2.18. The Balaban J connectivity index is 1.88. The highest BCUT2D eigenvalue weighted by Gasteiger charge is 2.36. The van der Waals surface area contributed by atoms with E-state index in [4.69, 9.17) is 10.7 Å². The molecule has 0 saturated heterocycles. The molecule has 0 saturated carbocycles. The van der Waals surface area contributed by atoms with Crippen molar-refractivity contribution in [3.63, 3.8) is 0 Å². The first kappa shape index (κ1) is 14.6. The number of rotatable bonds is 2. The monoisotopic (exact) mass is 317 g/mol. The SMILES string of the molecule is CC1(c2cccc(-c3cccnc3F)c2)N=C(N)c2ccccc21. The molecule has 3 aromatic rings. The maximum Gasteiger partial charge on any atom is 0.220 e. The average Bonchev–Trinajstić information content (AvgIpc) is 2.88. The standard InChI is InChI=1S/C20H16FN3/c1-20(17-10-3-2-8-16(17)19(22)24-20)14-7-4-6-13(12-14)15-9-5-11-23-18(15)21/h2-12H,1H3,(H2,22,24). The molecule has 24 heavy (non-hydrogen) atoms. The van der Waals surface area contributed by atoms with Gasteiger partial charge in [0, 0.05) is 17.3 Å². The molecule has 1 aromatic heterocycles. The number of nitrogens with two attached hydrogens (primary N) is 1. The zero-order valence-corrected chi connectivity index (χ0v) is 13.2. The number of pyridine rings is 1. The Hall–Kier alpha value is -3.01. The second kappa shape index (κ2) is 5.27. The summed E-state index contributed by atoms with van der Waals surface area (Å²) in [5, 5.41) is 0. The van der Waals surface area contributed by atoms with Gasteiger partial charge in [-0.05, 0) is 41.8 Å². The molecule has 3 nitrogen and oxygen atoms in total. The van der Waals surface area contributed by atoms with Gasteiger partial charge in [0.2, 0.25) is 5.95 Å². The normalized spacial score (nSPS) is 19.0. The molecular weight excluding hydrogens is 301 g/mol. The number of nitrogens with zero attached hydrogens (tertiary/aromatic N) is 2. The van der Waals surface area contributed by atoms with Crippen LogP contribution in [-0.2, 0) is 5.54 Å². The predicted molar refractivity (Wildman–Crippen MR) is 93.3 cm³/mol. The quantitative estimate of drug-likeness (QED) is 0.729. The first-order valence-corrected chi connectivity index (χ1v) is 7.76. The fraction of sp³-hybridized carbons (Fsp3) is 0.100. The lowest BCUT2D eigenvalue weighted by molar-refractivity contribution is 0.587. The van der Waals surface area contributed by atoms with Crippen molar-refractivity contribution >= 4 is 5.84 Å². The van der Waals surface area contributed by atoms with E-state index < -0.39 is 11.5 Å². The minimum absolute atomic E-state index is 0.477. The van der Waals surface area contributed by atoms with Crippen molar-refractivity contribution in [3.05, 3.63) is 89.5 Å². The van der Waals surface area contributed by atoms with Crippen LogP contribution >= 0.6 is 0 Å². The van der Waals surface area contributed by atoms with Gasteiger partial charge in [0.05, 0.1) is 0 Å². The Kier molecular flexibility index (Phi) is 3.20. The molecule has 0 amide bonds. The molecule has 1 unspecified atom stereocenters. The maximum atomic E-state index is 14.0. The summed E-state index contributed by atoms with van der Waals surface area (Å²) in [6.45, 7) is 2.03. The molecule has 1 atom stereocenters. The fourth-order valence-electron chi connectivity index (χ4n) is 3.30. The molecule has 1 aliphatic heterocycles. The molecule has 2 aromatic carbocycles. The molecule has 4 heteroatoms. The van der Waals surface area contributed by atoms with Crippen molar-refractivity contribution in [2.75, 3.05) is 0 Å². The van der Waals surface area contributed by atoms with Crippen LogP contribution in [0.5, 0.6) is 0 Å². The molecule has 118 valence electrons. The van der Waals surface area contributed by atoms with E-state index in [9.17, 15) is 4.39 Å². The van der Waals surface area contributed by atoms with Crippen molar-refractivity contribution in [1.82, 2.24) is 4.98 Å². The fourth-order valence-corrected chi connectivity index (χ4v) is 3.30. The highest BCUT2D eigenvalue weighted by atomic mass is 19.1. The lowest BCUT2D eigenvalue weighted by atomic mass is 9.84. The van der Waals surface area contributed by atoms with E-state index in [1.165, 1.54) is 6.20 Å². The van der Waals surface area contributed by atoms with Gasteiger partial charge in [-0.2, -0.15) is 4.39 Å². The van der Waals surface area contributed by atoms with Gasteiger partial charge in [-0.1, -0.05) is 42.5 Å². The van der Waals surface area contributed by atoms with E-state index in [1.807, 2.05) is 55.5 Å². The maximum absolute atomic E-state index is 14.0. The zero-order valence-electron chi connectivity index (χ0n) is 13.2. The van der Waals surface area contributed by atoms with Crippen LogP contribution in [0.25, 0.3) is 11.1 Å². The third-order valence-corrected chi connectivity index (χ3v) is 4.57. The lowest BCUT2D eigenvalue weighted by Gasteiger charge is -2.24. The summed E-state index contributed by atoms with van der Waals surface area (Å²) >= 11 is 0. The number of fused-ring (bicyclic) bond motifs is 1. The number of halogens is 1. The van der Waals surface area contributed by atoms with E-state index in [0.29, 0.717) is 11.4 Å². The molecule has 0 spiro atoms. The van der Waals surface area contributed by atoms with E-state index in [0.717, 1.165) is 22.3 Å². The minimum atomic E-state index is -0.574. The van der Waals surface area contributed by atoms with Crippen molar-refractivity contribution in [1.29, 1.82) is 0 Å². The molecule has 0 radical (unpaired) electrons. The summed E-state index contributed by atoms with van der Waals surface area (Å²) in [7, 11) is 0. The van der Waals surface area contributed by atoms with Crippen LogP contribution in [0.15, 0.2) is 71.9 Å². The van der Waals surface area contributed by atoms with E-state index in [-0.39, 0.29) is 0 Å². The predicted octanol–water partition coefficient (Wildman–Crippen LogP) is 3.87. The third kappa shape index (κ3) is 2.11. The second-order valence-electron chi connectivity index (χ2n) is 6.04. The summed E-state index contributed by atoms with van der Waals surface area (Å²) in [6, 6.07) is 19.1. The highest BCUT2D eigenvalue weighted by molar-refractivity contribution is 6.02. The van der Waals surface area contributed by atoms with E-state index in [2.05, 4.69) is 4.98 Å². The van der Waals surface area contributed by atoms with Gasteiger partial charge in [0.1, 0.15) is 11.4 Å². The number of hydrogen-bond acceptors (Lipinski definition) is 3. The van der Waals surface area contributed by atoms with Crippen molar-refractivity contribution in [2.24, 2.45) is 10.7 Å². The summed E-state index contributed by atoms with van der Waals surface area (Å²) in [5.74, 6) is 0.0562. The van der Waals surface area contributed by atoms with Gasteiger partial charge in [0.15, 0.2) is 0 Å². The smallest absolute Gasteiger partial charge is 0.220 e. The number of amidine groups is 1. The number of aromatic nitrogens is 1.